The van der Waals surface area contributed by atoms with E-state index in [0.717, 1.165) is 18.6 Å². The molecule has 30 heavy (non-hydrogen) atoms. The molecule has 0 aliphatic carbocycles. The van der Waals surface area contributed by atoms with E-state index in [2.05, 4.69) is 17.4 Å². The summed E-state index contributed by atoms with van der Waals surface area (Å²) in [6.45, 7) is 4.75. The summed E-state index contributed by atoms with van der Waals surface area (Å²) in [6.07, 6.45) is 1.95. The number of benzene rings is 2. The molecule has 1 amide bonds. The first kappa shape index (κ1) is 22.7. The quantitative estimate of drug-likeness (QED) is 0.580. The minimum Gasteiger partial charge on any atom is -0.494 e. The molecule has 0 bridgehead atoms. The molecular weight excluding hydrogens is 425 g/mol. The smallest absolute Gasteiger partial charge is 0.223 e. The number of hydrogen-bond acceptors (Lipinski definition) is 4. The lowest BCUT2D eigenvalue weighted by molar-refractivity contribution is -0.122. The van der Waals surface area contributed by atoms with E-state index >= 15 is 0 Å². The van der Waals surface area contributed by atoms with E-state index in [1.807, 2.05) is 19.1 Å². The van der Waals surface area contributed by atoms with Crippen LogP contribution in [0.15, 0.2) is 42.5 Å². The Morgan fingerprint density at radius 2 is 1.83 bits per heavy atom. The summed E-state index contributed by atoms with van der Waals surface area (Å²) >= 11 is 12.1. The molecule has 5 nitrogen and oxygen atoms in total. The van der Waals surface area contributed by atoms with Gasteiger partial charge in [-0.15, -0.1) is 0 Å². The maximum atomic E-state index is 12.4. The molecule has 0 atom stereocenters. The normalized spacial score (nSPS) is 15.4. The van der Waals surface area contributed by atoms with Gasteiger partial charge in [0.05, 0.1) is 24.7 Å². The standard InChI is InChI=1S/C23H27Cl2NO4/c1-2-29-18-8-6-17(7-9-18)23(11-14-28-15-12-23)16-26-21(27)10-13-30-20-5-3-4-19(24)22(20)25/h3-9H,2,10-16H2,1H3,(H,26,27). The van der Waals surface area contributed by atoms with Gasteiger partial charge < -0.3 is 19.5 Å². The highest BCUT2D eigenvalue weighted by molar-refractivity contribution is 6.42. The van der Waals surface area contributed by atoms with Crippen molar-refractivity contribution in [3.05, 3.63) is 58.1 Å². The molecule has 0 saturated carbocycles. The van der Waals surface area contributed by atoms with Crippen LogP contribution in [-0.2, 0) is 14.9 Å². The third-order valence-electron chi connectivity index (χ3n) is 5.35. The average Bonchev–Trinajstić information content (AvgIpc) is 2.77. The van der Waals surface area contributed by atoms with Crippen molar-refractivity contribution in [2.45, 2.75) is 31.6 Å². The molecule has 3 rings (SSSR count). The van der Waals surface area contributed by atoms with E-state index < -0.39 is 0 Å². The Bertz CT molecular complexity index is 836. The number of hydrogen-bond donors (Lipinski definition) is 1. The van der Waals surface area contributed by atoms with E-state index in [9.17, 15) is 4.79 Å². The van der Waals surface area contributed by atoms with Gasteiger partial charge in [-0.05, 0) is 49.6 Å². The summed E-state index contributed by atoms with van der Waals surface area (Å²) < 4.78 is 16.7. The summed E-state index contributed by atoms with van der Waals surface area (Å²) in [6, 6.07) is 13.3. The van der Waals surface area contributed by atoms with Crippen LogP contribution in [0.3, 0.4) is 0 Å². The SMILES string of the molecule is CCOc1ccc(C2(CNC(=O)CCOc3cccc(Cl)c3Cl)CCOCC2)cc1. The molecule has 0 spiro atoms. The van der Waals surface area contributed by atoms with E-state index in [0.29, 0.717) is 42.2 Å². The lowest BCUT2D eigenvalue weighted by Crippen LogP contribution is -2.44. The van der Waals surface area contributed by atoms with E-state index in [-0.39, 0.29) is 24.3 Å². The molecule has 1 N–H and O–H groups in total. The number of carbonyl (C=O) groups is 1. The topological polar surface area (TPSA) is 56.8 Å². The number of nitrogens with one attached hydrogen (secondary N) is 1. The van der Waals surface area contributed by atoms with Crippen molar-refractivity contribution in [1.29, 1.82) is 0 Å². The Morgan fingerprint density at radius 1 is 1.10 bits per heavy atom. The molecule has 2 aromatic rings. The van der Waals surface area contributed by atoms with Crippen LogP contribution in [0.5, 0.6) is 11.5 Å². The first-order valence-electron chi connectivity index (χ1n) is 10.2. The number of ether oxygens (including phenoxy) is 3. The lowest BCUT2D eigenvalue weighted by Gasteiger charge is -2.38. The van der Waals surface area contributed by atoms with Crippen LogP contribution in [0.1, 0.15) is 31.7 Å². The highest BCUT2D eigenvalue weighted by Gasteiger charge is 2.34. The predicted molar refractivity (Wildman–Crippen MR) is 119 cm³/mol. The molecule has 0 radical (unpaired) electrons. The third kappa shape index (κ3) is 5.81. The van der Waals surface area contributed by atoms with Gasteiger partial charge in [0, 0.05) is 25.2 Å². The van der Waals surface area contributed by atoms with Crippen LogP contribution in [-0.4, -0.2) is 38.9 Å². The van der Waals surface area contributed by atoms with Crippen molar-refractivity contribution in [3.63, 3.8) is 0 Å². The summed E-state index contributed by atoms with van der Waals surface area (Å²) in [4.78, 5) is 12.4. The first-order valence-corrected chi connectivity index (χ1v) is 10.9. The highest BCUT2D eigenvalue weighted by atomic mass is 35.5. The summed E-state index contributed by atoms with van der Waals surface area (Å²) in [5, 5.41) is 3.86. The maximum absolute atomic E-state index is 12.4. The molecule has 0 aromatic heterocycles. The molecular formula is C23H27Cl2NO4. The van der Waals surface area contributed by atoms with Gasteiger partial charge in [-0.25, -0.2) is 0 Å². The second-order valence-corrected chi connectivity index (χ2v) is 8.06. The Kier molecular flexibility index (Phi) is 8.25. The molecule has 162 valence electrons. The van der Waals surface area contributed by atoms with Gasteiger partial charge in [-0.2, -0.15) is 0 Å². The van der Waals surface area contributed by atoms with Crippen LogP contribution in [0.2, 0.25) is 10.0 Å². The average molecular weight is 452 g/mol. The second kappa shape index (κ2) is 10.9. The maximum Gasteiger partial charge on any atom is 0.223 e. The van der Waals surface area contributed by atoms with Gasteiger partial charge in [0.25, 0.3) is 0 Å². The van der Waals surface area contributed by atoms with Crippen LogP contribution >= 0.6 is 23.2 Å². The third-order valence-corrected chi connectivity index (χ3v) is 6.16. The largest absolute Gasteiger partial charge is 0.494 e. The van der Waals surface area contributed by atoms with Crippen LogP contribution < -0.4 is 14.8 Å². The predicted octanol–water partition coefficient (Wildman–Crippen LogP) is 5.03. The van der Waals surface area contributed by atoms with Gasteiger partial charge in [0.15, 0.2) is 0 Å². The monoisotopic (exact) mass is 451 g/mol. The summed E-state index contributed by atoms with van der Waals surface area (Å²) in [5.41, 5.74) is 1.05. The summed E-state index contributed by atoms with van der Waals surface area (Å²) in [7, 11) is 0. The van der Waals surface area contributed by atoms with Gasteiger partial charge in [0.2, 0.25) is 5.91 Å². The second-order valence-electron chi connectivity index (χ2n) is 7.28. The van der Waals surface area contributed by atoms with E-state index in [1.165, 1.54) is 5.56 Å². The Balaban J connectivity index is 1.56. The minimum atomic E-state index is -0.143. The number of rotatable bonds is 9. The number of carbonyl (C=O) groups excluding carboxylic acids is 1. The molecule has 1 saturated heterocycles. The fourth-order valence-corrected chi connectivity index (χ4v) is 3.95. The van der Waals surface area contributed by atoms with Crippen molar-refractivity contribution in [1.82, 2.24) is 5.32 Å². The van der Waals surface area contributed by atoms with Crippen LogP contribution in [0.4, 0.5) is 0 Å². The molecule has 7 heteroatoms. The van der Waals surface area contributed by atoms with E-state index in [4.69, 9.17) is 37.4 Å². The molecule has 0 unspecified atom stereocenters. The van der Waals surface area contributed by atoms with Gasteiger partial charge >= 0.3 is 0 Å². The van der Waals surface area contributed by atoms with Crippen molar-refractivity contribution >= 4 is 29.1 Å². The number of amides is 1. The Hall–Kier alpha value is -1.95. The lowest BCUT2D eigenvalue weighted by atomic mass is 9.74. The Labute approximate surface area is 187 Å². The van der Waals surface area contributed by atoms with Gasteiger partial charge in [-0.3, -0.25) is 4.79 Å². The van der Waals surface area contributed by atoms with Crippen molar-refractivity contribution in [2.24, 2.45) is 0 Å². The fourth-order valence-electron chi connectivity index (χ4n) is 3.61. The molecule has 1 aliphatic heterocycles. The molecule has 2 aromatic carbocycles. The zero-order valence-electron chi connectivity index (χ0n) is 17.1. The highest BCUT2D eigenvalue weighted by Crippen LogP contribution is 2.35. The van der Waals surface area contributed by atoms with E-state index in [1.54, 1.807) is 18.2 Å². The molecule has 1 fully saturated rings. The van der Waals surface area contributed by atoms with Crippen molar-refractivity contribution < 1.29 is 19.0 Å². The van der Waals surface area contributed by atoms with Crippen molar-refractivity contribution in [2.75, 3.05) is 33.0 Å². The fraction of sp³-hybridized carbons (Fsp3) is 0.435. The van der Waals surface area contributed by atoms with Crippen molar-refractivity contribution in [3.8, 4) is 11.5 Å². The zero-order chi connectivity index (χ0) is 21.4. The molecule has 1 aliphatic rings. The first-order chi connectivity index (χ1) is 14.5. The Morgan fingerprint density at radius 3 is 2.53 bits per heavy atom. The van der Waals surface area contributed by atoms with Gasteiger partial charge in [-0.1, -0.05) is 41.4 Å². The van der Waals surface area contributed by atoms with Crippen LogP contribution in [0, 0.1) is 0 Å². The minimum absolute atomic E-state index is 0.0649. The number of halogens is 2. The molecule has 1 heterocycles. The van der Waals surface area contributed by atoms with Crippen LogP contribution in [0.25, 0.3) is 0 Å². The summed E-state index contributed by atoms with van der Waals surface area (Å²) in [5.74, 6) is 1.27. The van der Waals surface area contributed by atoms with Gasteiger partial charge in [0.1, 0.15) is 16.5 Å². The zero-order valence-corrected chi connectivity index (χ0v) is 18.6.